The lowest BCUT2D eigenvalue weighted by atomic mass is 10.1. The lowest BCUT2D eigenvalue weighted by molar-refractivity contribution is 0.216. The van der Waals surface area contributed by atoms with Crippen molar-refractivity contribution in [3.8, 4) is 0 Å². The highest BCUT2D eigenvalue weighted by atomic mass is 16.5. The molecule has 0 saturated heterocycles. The minimum Gasteiger partial charge on any atom is -0.384 e. The van der Waals surface area contributed by atoms with Crippen molar-refractivity contribution in [2.45, 2.75) is 6.92 Å². The normalized spacial score (nSPS) is 15.9. The number of aryl methyl sites for hydroxylation is 1. The first-order chi connectivity index (χ1) is 6.25. The van der Waals surface area contributed by atoms with Crippen LogP contribution >= 0.6 is 0 Å². The molecule has 0 fully saturated rings. The fraction of sp³-hybridized carbons (Fsp3) is 0.300. The van der Waals surface area contributed by atoms with Crippen molar-refractivity contribution in [1.82, 2.24) is 4.98 Å². The molecule has 0 atom stereocenters. The second kappa shape index (κ2) is 3.18. The Morgan fingerprint density at radius 1 is 1.46 bits per heavy atom. The zero-order chi connectivity index (χ0) is 9.26. The maximum Gasteiger partial charge on any atom is 0.124 e. The first kappa shape index (κ1) is 8.26. The summed E-state index contributed by atoms with van der Waals surface area (Å²) in [5.41, 5.74) is 8.93. The van der Waals surface area contributed by atoms with Gasteiger partial charge in [-0.3, -0.25) is 0 Å². The van der Waals surface area contributed by atoms with Crippen molar-refractivity contribution >= 4 is 11.4 Å². The van der Waals surface area contributed by atoms with Gasteiger partial charge in [0.15, 0.2) is 0 Å². The van der Waals surface area contributed by atoms with Gasteiger partial charge in [0, 0.05) is 5.69 Å². The van der Waals surface area contributed by atoms with E-state index in [9.17, 15) is 0 Å². The lowest BCUT2D eigenvalue weighted by Crippen LogP contribution is -1.96. The summed E-state index contributed by atoms with van der Waals surface area (Å²) in [6.07, 6.45) is 2.08. The zero-order valence-electron chi connectivity index (χ0n) is 7.58. The summed E-state index contributed by atoms with van der Waals surface area (Å²) in [5, 5.41) is 0. The van der Waals surface area contributed by atoms with Gasteiger partial charge in [-0.25, -0.2) is 4.98 Å². The van der Waals surface area contributed by atoms with Crippen LogP contribution in [-0.4, -0.2) is 18.2 Å². The number of hydrogen-bond acceptors (Lipinski definition) is 3. The third-order valence-electron chi connectivity index (χ3n) is 2.05. The van der Waals surface area contributed by atoms with E-state index in [1.807, 2.05) is 19.1 Å². The fourth-order valence-electron chi connectivity index (χ4n) is 1.47. The van der Waals surface area contributed by atoms with Crippen LogP contribution in [0, 0.1) is 6.92 Å². The van der Waals surface area contributed by atoms with Crippen LogP contribution < -0.4 is 5.73 Å². The Balaban J connectivity index is 2.39. The van der Waals surface area contributed by atoms with E-state index in [2.05, 4.69) is 11.1 Å². The van der Waals surface area contributed by atoms with E-state index in [0.29, 0.717) is 19.0 Å². The van der Waals surface area contributed by atoms with Gasteiger partial charge >= 0.3 is 0 Å². The number of nitrogens with zero attached hydrogens (tertiary/aromatic N) is 1. The summed E-state index contributed by atoms with van der Waals surface area (Å²) in [6.45, 7) is 3.33. The van der Waals surface area contributed by atoms with E-state index in [-0.39, 0.29) is 0 Å². The first-order valence-corrected chi connectivity index (χ1v) is 4.27. The van der Waals surface area contributed by atoms with Gasteiger partial charge in [-0.15, -0.1) is 0 Å². The predicted octanol–water partition coefficient (Wildman–Crippen LogP) is 1.39. The summed E-state index contributed by atoms with van der Waals surface area (Å²) >= 11 is 0. The van der Waals surface area contributed by atoms with Gasteiger partial charge in [-0.2, -0.15) is 0 Å². The zero-order valence-corrected chi connectivity index (χ0v) is 7.58. The van der Waals surface area contributed by atoms with Crippen molar-refractivity contribution in [3.05, 3.63) is 29.5 Å². The highest BCUT2D eigenvalue weighted by Crippen LogP contribution is 2.20. The minimum absolute atomic E-state index is 0.572. The minimum atomic E-state index is 0.572. The summed E-state index contributed by atoms with van der Waals surface area (Å²) in [7, 11) is 0. The number of pyridine rings is 1. The molecule has 0 amide bonds. The molecule has 3 heteroatoms. The molecule has 0 aromatic carbocycles. The molecule has 3 nitrogen and oxygen atoms in total. The van der Waals surface area contributed by atoms with Gasteiger partial charge in [0.05, 0.1) is 13.2 Å². The molecule has 0 bridgehead atoms. The molecule has 1 aliphatic heterocycles. The van der Waals surface area contributed by atoms with E-state index in [1.54, 1.807) is 0 Å². The van der Waals surface area contributed by atoms with Crippen LogP contribution in [0.15, 0.2) is 18.2 Å². The number of aromatic nitrogens is 1. The van der Waals surface area contributed by atoms with Crippen LogP contribution in [0.25, 0.3) is 5.57 Å². The smallest absolute Gasteiger partial charge is 0.124 e. The topological polar surface area (TPSA) is 48.1 Å². The van der Waals surface area contributed by atoms with Crippen molar-refractivity contribution < 1.29 is 4.74 Å². The van der Waals surface area contributed by atoms with Crippen molar-refractivity contribution in [2.24, 2.45) is 0 Å². The maximum atomic E-state index is 5.65. The third kappa shape index (κ3) is 1.70. The Bertz CT molecular complexity index is 338. The second-order valence-corrected chi connectivity index (χ2v) is 3.17. The quantitative estimate of drug-likeness (QED) is 0.703. The molecule has 68 valence electrons. The Labute approximate surface area is 77.2 Å². The maximum absolute atomic E-state index is 5.65. The molecule has 0 unspecified atom stereocenters. The van der Waals surface area contributed by atoms with Gasteiger partial charge in [-0.05, 0) is 30.2 Å². The number of nitrogen functional groups attached to an aromatic ring is 1. The fourth-order valence-corrected chi connectivity index (χ4v) is 1.47. The van der Waals surface area contributed by atoms with E-state index >= 15 is 0 Å². The Hall–Kier alpha value is -1.35. The molecular weight excluding hydrogens is 164 g/mol. The standard InChI is InChI=1S/C10H12N2O/c1-7-4-9(5-10(11)12-7)8-2-3-13-6-8/h2,4-5H,3,6H2,1H3,(H2,11,12). The second-order valence-electron chi connectivity index (χ2n) is 3.17. The summed E-state index contributed by atoms with van der Waals surface area (Å²) in [5.74, 6) is 0.572. The van der Waals surface area contributed by atoms with E-state index in [4.69, 9.17) is 10.5 Å². The molecule has 2 N–H and O–H groups in total. The van der Waals surface area contributed by atoms with Crippen molar-refractivity contribution in [1.29, 1.82) is 0 Å². The molecule has 1 aliphatic rings. The number of anilines is 1. The molecule has 1 aromatic heterocycles. The summed E-state index contributed by atoms with van der Waals surface area (Å²) < 4.78 is 5.24. The molecule has 0 saturated carbocycles. The lowest BCUT2D eigenvalue weighted by Gasteiger charge is -2.03. The average molecular weight is 176 g/mol. The third-order valence-corrected chi connectivity index (χ3v) is 2.05. The Kier molecular flexibility index (Phi) is 2.02. The SMILES string of the molecule is Cc1cc(C2=CCOC2)cc(N)n1. The van der Waals surface area contributed by atoms with Crippen LogP contribution in [0.2, 0.25) is 0 Å². The largest absolute Gasteiger partial charge is 0.384 e. The van der Waals surface area contributed by atoms with E-state index in [0.717, 1.165) is 11.3 Å². The molecule has 1 aromatic rings. The van der Waals surface area contributed by atoms with Gasteiger partial charge < -0.3 is 10.5 Å². The monoisotopic (exact) mass is 176 g/mol. The van der Waals surface area contributed by atoms with E-state index in [1.165, 1.54) is 5.57 Å². The Morgan fingerprint density at radius 2 is 2.31 bits per heavy atom. The van der Waals surface area contributed by atoms with Crippen LogP contribution in [0.3, 0.4) is 0 Å². The number of nitrogens with two attached hydrogens (primary N) is 1. The number of rotatable bonds is 1. The van der Waals surface area contributed by atoms with Gasteiger partial charge in [-0.1, -0.05) is 6.08 Å². The summed E-state index contributed by atoms with van der Waals surface area (Å²) in [4.78, 5) is 4.12. The molecule has 0 spiro atoms. The highest BCUT2D eigenvalue weighted by Gasteiger charge is 2.08. The molecule has 2 rings (SSSR count). The van der Waals surface area contributed by atoms with Gasteiger partial charge in [0.1, 0.15) is 5.82 Å². The molecule has 13 heavy (non-hydrogen) atoms. The van der Waals surface area contributed by atoms with Crippen molar-refractivity contribution in [2.75, 3.05) is 18.9 Å². The molecule has 0 radical (unpaired) electrons. The van der Waals surface area contributed by atoms with Crippen LogP contribution in [0.5, 0.6) is 0 Å². The molecular formula is C10H12N2O. The van der Waals surface area contributed by atoms with Crippen molar-refractivity contribution in [3.63, 3.8) is 0 Å². The van der Waals surface area contributed by atoms with Gasteiger partial charge in [0.2, 0.25) is 0 Å². The van der Waals surface area contributed by atoms with Crippen LogP contribution in [-0.2, 0) is 4.74 Å². The number of hydrogen-bond donors (Lipinski definition) is 1. The first-order valence-electron chi connectivity index (χ1n) is 4.27. The van der Waals surface area contributed by atoms with E-state index < -0.39 is 0 Å². The highest BCUT2D eigenvalue weighted by molar-refractivity contribution is 5.69. The van der Waals surface area contributed by atoms with Gasteiger partial charge in [0.25, 0.3) is 0 Å². The molecule has 0 aliphatic carbocycles. The molecule has 2 heterocycles. The summed E-state index contributed by atoms with van der Waals surface area (Å²) in [6, 6.07) is 3.91. The average Bonchev–Trinajstić information content (AvgIpc) is 2.53. The van der Waals surface area contributed by atoms with Crippen LogP contribution in [0.4, 0.5) is 5.82 Å². The predicted molar refractivity (Wildman–Crippen MR) is 52.2 cm³/mol. The van der Waals surface area contributed by atoms with Crippen LogP contribution in [0.1, 0.15) is 11.3 Å². The Morgan fingerprint density at radius 3 is 2.92 bits per heavy atom. The number of ether oxygens (including phenoxy) is 1.